The molecule has 1 atom stereocenters. The Bertz CT molecular complexity index is 226. The molecule has 1 unspecified atom stereocenters. The van der Waals surface area contributed by atoms with Crippen LogP contribution in [0.15, 0.2) is 0 Å². The minimum Gasteiger partial charge on any atom is -0.310 e. The van der Waals surface area contributed by atoms with Crippen LogP contribution in [0.3, 0.4) is 0 Å². The molecule has 0 aromatic heterocycles. The summed E-state index contributed by atoms with van der Waals surface area (Å²) in [4.78, 5) is 1.94. The summed E-state index contributed by atoms with van der Waals surface area (Å²) in [5.74, 6) is 0. The van der Waals surface area contributed by atoms with Crippen LogP contribution in [0.2, 0.25) is 0 Å². The Morgan fingerprint density at radius 2 is 2.00 bits per heavy atom. The molecule has 0 aromatic rings. The molecule has 0 saturated carbocycles. The highest BCUT2D eigenvalue weighted by Crippen LogP contribution is 2.22. The molecule has 1 heterocycles. The van der Waals surface area contributed by atoms with Crippen molar-refractivity contribution in [3.05, 3.63) is 0 Å². The van der Waals surface area contributed by atoms with Gasteiger partial charge in [0.2, 0.25) is 0 Å². The largest absolute Gasteiger partial charge is 0.390 e. The number of halogens is 3. The third-order valence-electron chi connectivity index (χ3n) is 3.07. The van der Waals surface area contributed by atoms with Gasteiger partial charge in [0.15, 0.2) is 0 Å². The van der Waals surface area contributed by atoms with Crippen molar-refractivity contribution in [2.24, 2.45) is 0 Å². The van der Waals surface area contributed by atoms with Crippen LogP contribution in [0.4, 0.5) is 13.2 Å². The molecule has 16 heavy (non-hydrogen) atoms. The van der Waals surface area contributed by atoms with Gasteiger partial charge in [-0.1, -0.05) is 0 Å². The third-order valence-corrected chi connectivity index (χ3v) is 3.07. The SMILES string of the molecule is CC1CCNC(C)(C)CN1CCC(F)(F)F. The van der Waals surface area contributed by atoms with Gasteiger partial charge in [-0.05, 0) is 33.7 Å². The Morgan fingerprint density at radius 3 is 2.56 bits per heavy atom. The van der Waals surface area contributed by atoms with Crippen LogP contribution >= 0.6 is 0 Å². The average Bonchev–Trinajstić information content (AvgIpc) is 2.21. The molecular weight excluding hydrogens is 217 g/mol. The van der Waals surface area contributed by atoms with Gasteiger partial charge < -0.3 is 5.32 Å². The van der Waals surface area contributed by atoms with Gasteiger partial charge in [-0.3, -0.25) is 4.90 Å². The van der Waals surface area contributed by atoms with Crippen LogP contribution in [-0.2, 0) is 0 Å². The van der Waals surface area contributed by atoms with Crippen molar-refractivity contribution in [1.82, 2.24) is 10.2 Å². The van der Waals surface area contributed by atoms with Crippen molar-refractivity contribution in [2.75, 3.05) is 19.6 Å². The summed E-state index contributed by atoms with van der Waals surface area (Å²) in [6, 6.07) is 0.219. The molecule has 2 nitrogen and oxygen atoms in total. The molecule has 0 amide bonds. The van der Waals surface area contributed by atoms with Crippen molar-refractivity contribution in [2.45, 2.75) is 51.4 Å². The maximum Gasteiger partial charge on any atom is 0.390 e. The molecule has 1 saturated heterocycles. The van der Waals surface area contributed by atoms with Gasteiger partial charge >= 0.3 is 6.18 Å². The minimum absolute atomic E-state index is 0.101. The first-order valence-corrected chi connectivity index (χ1v) is 5.75. The van der Waals surface area contributed by atoms with Crippen molar-refractivity contribution >= 4 is 0 Å². The van der Waals surface area contributed by atoms with E-state index in [2.05, 4.69) is 5.32 Å². The van der Waals surface area contributed by atoms with Gasteiger partial charge in [-0.25, -0.2) is 0 Å². The Morgan fingerprint density at radius 1 is 1.38 bits per heavy atom. The van der Waals surface area contributed by atoms with E-state index in [1.54, 1.807) is 0 Å². The summed E-state index contributed by atoms with van der Waals surface area (Å²) in [5.41, 5.74) is -0.101. The Balaban J connectivity index is 2.54. The Labute approximate surface area is 95.2 Å². The van der Waals surface area contributed by atoms with Crippen LogP contribution in [0.25, 0.3) is 0 Å². The van der Waals surface area contributed by atoms with Crippen LogP contribution in [0.5, 0.6) is 0 Å². The normalized spacial score (nSPS) is 27.8. The van der Waals surface area contributed by atoms with Crippen LogP contribution < -0.4 is 5.32 Å². The first kappa shape index (κ1) is 13.8. The molecule has 0 aromatic carbocycles. The summed E-state index contributed by atoms with van der Waals surface area (Å²) in [6.07, 6.45) is -3.86. The molecule has 5 heteroatoms. The predicted molar refractivity (Wildman–Crippen MR) is 58.4 cm³/mol. The van der Waals surface area contributed by atoms with E-state index in [0.29, 0.717) is 6.54 Å². The van der Waals surface area contributed by atoms with Crippen LogP contribution in [0.1, 0.15) is 33.6 Å². The van der Waals surface area contributed by atoms with Crippen molar-refractivity contribution < 1.29 is 13.2 Å². The smallest absolute Gasteiger partial charge is 0.310 e. The lowest BCUT2D eigenvalue weighted by Crippen LogP contribution is -2.48. The average molecular weight is 238 g/mol. The van der Waals surface area contributed by atoms with Gasteiger partial charge in [-0.2, -0.15) is 13.2 Å². The predicted octanol–water partition coefficient (Wildman–Crippen LogP) is 2.40. The Kier molecular flexibility index (Phi) is 4.23. The van der Waals surface area contributed by atoms with Gasteiger partial charge in [-0.15, -0.1) is 0 Å². The van der Waals surface area contributed by atoms with Crippen molar-refractivity contribution in [3.63, 3.8) is 0 Å². The van der Waals surface area contributed by atoms with E-state index in [9.17, 15) is 13.2 Å². The molecule has 1 aliphatic heterocycles. The maximum atomic E-state index is 12.2. The highest BCUT2D eigenvalue weighted by molar-refractivity contribution is 4.87. The number of hydrogen-bond acceptors (Lipinski definition) is 2. The van der Waals surface area contributed by atoms with Gasteiger partial charge in [0.1, 0.15) is 0 Å². The molecule has 96 valence electrons. The first-order chi connectivity index (χ1) is 7.20. The Hall–Kier alpha value is -0.290. The van der Waals surface area contributed by atoms with E-state index in [1.165, 1.54) is 0 Å². The lowest BCUT2D eigenvalue weighted by Gasteiger charge is -2.33. The fourth-order valence-electron chi connectivity index (χ4n) is 2.09. The summed E-state index contributed by atoms with van der Waals surface area (Å²) in [5, 5.41) is 3.36. The quantitative estimate of drug-likeness (QED) is 0.794. The molecule has 0 spiro atoms. The third kappa shape index (κ3) is 4.70. The lowest BCUT2D eigenvalue weighted by atomic mass is 10.1. The van der Waals surface area contributed by atoms with Crippen molar-refractivity contribution in [1.29, 1.82) is 0 Å². The second kappa shape index (κ2) is 4.92. The van der Waals surface area contributed by atoms with Gasteiger partial charge in [0, 0.05) is 24.7 Å². The van der Waals surface area contributed by atoms with E-state index in [-0.39, 0.29) is 18.1 Å². The maximum absolute atomic E-state index is 12.2. The topological polar surface area (TPSA) is 15.3 Å². The molecule has 0 bridgehead atoms. The molecule has 1 fully saturated rings. The van der Waals surface area contributed by atoms with E-state index in [4.69, 9.17) is 0 Å². The standard InChI is InChI=1S/C11H21F3N2/c1-9-4-6-15-10(2,3)8-16(9)7-5-11(12,13)14/h9,15H,4-8H2,1-3H3. The highest BCUT2D eigenvalue weighted by atomic mass is 19.4. The molecule has 1 aliphatic rings. The number of nitrogens with one attached hydrogen (secondary N) is 1. The minimum atomic E-state index is -4.05. The second-order valence-corrected chi connectivity index (χ2v) is 5.28. The molecule has 1 N–H and O–H groups in total. The fraction of sp³-hybridized carbons (Fsp3) is 1.00. The first-order valence-electron chi connectivity index (χ1n) is 5.75. The zero-order valence-electron chi connectivity index (χ0n) is 10.2. The van der Waals surface area contributed by atoms with E-state index in [1.807, 2.05) is 25.7 Å². The zero-order valence-corrected chi connectivity index (χ0v) is 10.2. The number of rotatable bonds is 2. The van der Waals surface area contributed by atoms with E-state index in [0.717, 1.165) is 13.0 Å². The molecule has 1 rings (SSSR count). The van der Waals surface area contributed by atoms with Gasteiger partial charge in [0.05, 0.1) is 6.42 Å². The number of alkyl halides is 3. The monoisotopic (exact) mass is 238 g/mol. The summed E-state index contributed by atoms with van der Waals surface area (Å²) in [7, 11) is 0. The molecule has 0 radical (unpaired) electrons. The van der Waals surface area contributed by atoms with Gasteiger partial charge in [0.25, 0.3) is 0 Å². The molecular formula is C11H21F3N2. The summed E-state index contributed by atoms with van der Waals surface area (Å²) < 4.78 is 36.6. The number of hydrogen-bond donors (Lipinski definition) is 1. The van der Waals surface area contributed by atoms with E-state index < -0.39 is 12.6 Å². The summed E-state index contributed by atoms with van der Waals surface area (Å²) in [6.45, 7) is 7.72. The fourth-order valence-corrected chi connectivity index (χ4v) is 2.09. The van der Waals surface area contributed by atoms with Crippen LogP contribution in [0, 0.1) is 0 Å². The van der Waals surface area contributed by atoms with E-state index >= 15 is 0 Å². The lowest BCUT2D eigenvalue weighted by molar-refractivity contribution is -0.139. The highest BCUT2D eigenvalue weighted by Gasteiger charge is 2.32. The zero-order chi connectivity index (χ0) is 12.4. The van der Waals surface area contributed by atoms with Crippen molar-refractivity contribution in [3.8, 4) is 0 Å². The van der Waals surface area contributed by atoms with Crippen LogP contribution in [-0.4, -0.2) is 42.3 Å². The molecule has 0 aliphatic carbocycles. The second-order valence-electron chi connectivity index (χ2n) is 5.28. The number of nitrogens with zero attached hydrogens (tertiary/aromatic N) is 1. The summed E-state index contributed by atoms with van der Waals surface area (Å²) >= 11 is 0.